The highest BCUT2D eigenvalue weighted by molar-refractivity contribution is 14.1. The van der Waals surface area contributed by atoms with Crippen LogP contribution in [0.5, 0.6) is 0 Å². The molecule has 3 nitrogen and oxygen atoms in total. The first kappa shape index (κ1) is 40.8. The quantitative estimate of drug-likeness (QED) is 0.170. The second-order valence-corrected chi connectivity index (χ2v) is 18.6. The van der Waals surface area contributed by atoms with Crippen LogP contribution in [0.2, 0.25) is 0 Å². The molecule has 5 heteroatoms. The van der Waals surface area contributed by atoms with E-state index in [2.05, 4.69) is 302 Å². The van der Waals surface area contributed by atoms with Crippen LogP contribution in [-0.4, -0.2) is 14.1 Å². The SMILES string of the molecule is Ic1cccc(-c2cccc(I)c2)c1.c1cc(-c2cccc(-n3c4ccccc4c4ccccc43)c2)cc(-n2c3ccccc3c3ccccc32)c1.c1ccc2c(c1)[nH]c1ccccc12. The van der Waals surface area contributed by atoms with Gasteiger partial charge in [0.25, 0.3) is 0 Å². The summed E-state index contributed by atoms with van der Waals surface area (Å²) in [6.45, 7) is 0. The van der Waals surface area contributed by atoms with Gasteiger partial charge in [0, 0.05) is 61.9 Å². The Labute approximate surface area is 404 Å². The van der Waals surface area contributed by atoms with Gasteiger partial charge < -0.3 is 14.1 Å². The fourth-order valence-electron chi connectivity index (χ4n) is 9.19. The normalized spacial score (nSPS) is 11.2. The van der Waals surface area contributed by atoms with Gasteiger partial charge in [0.05, 0.1) is 22.1 Å². The maximum Gasteiger partial charge on any atom is 0.0541 e. The van der Waals surface area contributed by atoms with Crippen molar-refractivity contribution in [3.8, 4) is 33.6 Å². The maximum absolute atomic E-state index is 3.38. The Bertz CT molecular complexity index is 3480. The molecule has 10 aromatic carbocycles. The van der Waals surface area contributed by atoms with Crippen molar-refractivity contribution < 1.29 is 0 Å². The number of aromatic nitrogens is 3. The molecule has 0 saturated heterocycles. The number of rotatable bonds is 4. The monoisotopic (exact) mass is 1060 g/mol. The molecule has 0 unspecified atom stereocenters. The summed E-state index contributed by atoms with van der Waals surface area (Å²) >= 11 is 4.68. The van der Waals surface area contributed by atoms with E-state index >= 15 is 0 Å². The summed E-state index contributed by atoms with van der Waals surface area (Å²) in [7, 11) is 0. The summed E-state index contributed by atoms with van der Waals surface area (Å²) in [6, 6.07) is 86.3. The molecular formula is C60H41I2N3. The zero-order valence-corrected chi connectivity index (χ0v) is 39.6. The number of aromatic amines is 1. The van der Waals surface area contributed by atoms with Crippen LogP contribution in [0.4, 0.5) is 0 Å². The highest BCUT2D eigenvalue weighted by Gasteiger charge is 2.14. The summed E-state index contributed by atoms with van der Waals surface area (Å²) in [4.78, 5) is 3.38. The third-order valence-corrected chi connectivity index (χ3v) is 13.4. The number of hydrogen-bond donors (Lipinski definition) is 1. The van der Waals surface area contributed by atoms with Gasteiger partial charge in [0.15, 0.2) is 0 Å². The summed E-state index contributed by atoms with van der Waals surface area (Å²) < 4.78 is 7.31. The molecule has 0 saturated carbocycles. The molecule has 3 aromatic heterocycles. The predicted molar refractivity (Wildman–Crippen MR) is 294 cm³/mol. The van der Waals surface area contributed by atoms with E-state index in [4.69, 9.17) is 0 Å². The molecule has 0 fully saturated rings. The lowest BCUT2D eigenvalue weighted by Crippen LogP contribution is -1.95. The lowest BCUT2D eigenvalue weighted by atomic mass is 10.0. The Hall–Kier alpha value is -6.94. The van der Waals surface area contributed by atoms with Gasteiger partial charge in [0.2, 0.25) is 0 Å². The van der Waals surface area contributed by atoms with Crippen molar-refractivity contribution in [2.45, 2.75) is 0 Å². The number of nitrogens with one attached hydrogen (secondary N) is 1. The van der Waals surface area contributed by atoms with Gasteiger partial charge in [0.1, 0.15) is 0 Å². The zero-order chi connectivity index (χ0) is 43.7. The van der Waals surface area contributed by atoms with E-state index in [1.165, 1.54) is 106 Å². The summed E-state index contributed by atoms with van der Waals surface area (Å²) in [5.41, 5.74) is 14.6. The lowest BCUT2D eigenvalue weighted by molar-refractivity contribution is 1.17. The molecule has 0 bridgehead atoms. The minimum atomic E-state index is 1.17. The number of halogens is 2. The summed E-state index contributed by atoms with van der Waals surface area (Å²) in [6.07, 6.45) is 0. The fourth-order valence-corrected chi connectivity index (χ4v) is 10.3. The lowest BCUT2D eigenvalue weighted by Gasteiger charge is -2.12. The average molecular weight is 1060 g/mol. The van der Waals surface area contributed by atoms with Crippen molar-refractivity contribution in [1.29, 1.82) is 0 Å². The smallest absolute Gasteiger partial charge is 0.0541 e. The van der Waals surface area contributed by atoms with Crippen molar-refractivity contribution in [2.24, 2.45) is 0 Å². The van der Waals surface area contributed by atoms with Gasteiger partial charge in [-0.15, -0.1) is 0 Å². The maximum atomic E-state index is 3.38. The van der Waals surface area contributed by atoms with Crippen molar-refractivity contribution in [2.75, 3.05) is 0 Å². The Morgan fingerprint density at radius 1 is 0.262 bits per heavy atom. The topological polar surface area (TPSA) is 25.6 Å². The summed E-state index contributed by atoms with van der Waals surface area (Å²) in [5.74, 6) is 0. The highest BCUT2D eigenvalue weighted by Crippen LogP contribution is 2.36. The first-order chi connectivity index (χ1) is 32.1. The standard InChI is InChI=1S/C36H24N2.C12H8I2.C12H9N/c1-5-19-33-29(15-1)30-16-2-6-20-34(30)37(33)27-13-9-11-25(23-27)26-12-10-14-28(24-26)38-35-21-7-3-17-31(35)32-18-4-8-22-36(32)38;13-11-5-1-3-9(7-11)10-4-2-6-12(14)8-10;1-3-7-11-9(5-1)10-6-2-4-8-12(10)13-11/h1-24H;1-8H;1-8,13H. The van der Waals surface area contributed by atoms with Crippen molar-refractivity contribution in [3.05, 3.63) is 250 Å². The number of hydrogen-bond acceptors (Lipinski definition) is 0. The Morgan fingerprint density at radius 3 is 0.908 bits per heavy atom. The average Bonchev–Trinajstić information content (AvgIpc) is 4.03. The first-order valence-electron chi connectivity index (χ1n) is 21.7. The van der Waals surface area contributed by atoms with Gasteiger partial charge >= 0.3 is 0 Å². The number of para-hydroxylation sites is 6. The third-order valence-electron chi connectivity index (χ3n) is 12.1. The molecule has 0 aliphatic heterocycles. The Kier molecular flexibility index (Phi) is 11.2. The largest absolute Gasteiger partial charge is 0.355 e. The second-order valence-electron chi connectivity index (χ2n) is 16.1. The van der Waals surface area contributed by atoms with E-state index in [0.717, 1.165) is 0 Å². The number of H-pyrrole nitrogens is 1. The van der Waals surface area contributed by atoms with Gasteiger partial charge in [-0.1, -0.05) is 158 Å². The van der Waals surface area contributed by atoms with Crippen LogP contribution in [0.3, 0.4) is 0 Å². The van der Waals surface area contributed by atoms with E-state index in [-0.39, 0.29) is 0 Å². The van der Waals surface area contributed by atoms with Crippen LogP contribution in [0.1, 0.15) is 0 Å². The van der Waals surface area contributed by atoms with Crippen LogP contribution in [0.15, 0.2) is 243 Å². The van der Waals surface area contributed by atoms with Gasteiger partial charge in [-0.3, -0.25) is 0 Å². The van der Waals surface area contributed by atoms with Crippen LogP contribution < -0.4 is 0 Å². The molecule has 1 N–H and O–H groups in total. The van der Waals surface area contributed by atoms with Crippen LogP contribution in [0, 0.1) is 7.14 Å². The second kappa shape index (κ2) is 17.9. The molecule has 0 radical (unpaired) electrons. The van der Waals surface area contributed by atoms with Gasteiger partial charge in [-0.2, -0.15) is 0 Å². The van der Waals surface area contributed by atoms with Crippen LogP contribution in [-0.2, 0) is 0 Å². The van der Waals surface area contributed by atoms with Crippen molar-refractivity contribution >= 4 is 111 Å². The van der Waals surface area contributed by atoms with E-state index in [9.17, 15) is 0 Å². The number of fused-ring (bicyclic) bond motifs is 9. The predicted octanol–water partition coefficient (Wildman–Crippen LogP) is 17.4. The van der Waals surface area contributed by atoms with Crippen LogP contribution >= 0.6 is 45.2 Å². The molecule has 0 amide bonds. The Balaban J connectivity index is 0.000000141. The molecule has 0 atom stereocenters. The van der Waals surface area contributed by atoms with Crippen molar-refractivity contribution in [3.63, 3.8) is 0 Å². The first-order valence-corrected chi connectivity index (χ1v) is 23.9. The molecule has 3 heterocycles. The molecule has 13 aromatic rings. The molecule has 0 aliphatic carbocycles. The fraction of sp³-hybridized carbons (Fsp3) is 0. The molecule has 0 spiro atoms. The highest BCUT2D eigenvalue weighted by atomic mass is 127. The molecule has 0 aliphatic rings. The van der Waals surface area contributed by atoms with E-state index in [1.54, 1.807) is 0 Å². The molecular weight excluding hydrogens is 1020 g/mol. The molecule has 13 rings (SSSR count). The summed E-state index contributed by atoms with van der Waals surface area (Å²) in [5, 5.41) is 7.73. The van der Waals surface area contributed by atoms with Crippen molar-refractivity contribution in [1.82, 2.24) is 14.1 Å². The van der Waals surface area contributed by atoms with Gasteiger partial charge in [-0.05, 0) is 152 Å². The third kappa shape index (κ3) is 8.00. The zero-order valence-electron chi connectivity index (χ0n) is 35.2. The van der Waals surface area contributed by atoms with E-state index in [0.29, 0.717) is 0 Å². The number of benzene rings is 10. The number of nitrogens with zero attached hydrogens (tertiary/aromatic N) is 2. The molecule has 65 heavy (non-hydrogen) atoms. The minimum absolute atomic E-state index is 1.17. The van der Waals surface area contributed by atoms with Gasteiger partial charge in [-0.25, -0.2) is 0 Å². The molecule has 310 valence electrons. The van der Waals surface area contributed by atoms with Crippen LogP contribution in [0.25, 0.3) is 99.0 Å². The minimum Gasteiger partial charge on any atom is -0.355 e. The van der Waals surface area contributed by atoms with E-state index < -0.39 is 0 Å². The Morgan fingerprint density at radius 2 is 0.554 bits per heavy atom. The van der Waals surface area contributed by atoms with E-state index in [1.807, 2.05) is 0 Å².